The van der Waals surface area contributed by atoms with Crippen LogP contribution in [-0.4, -0.2) is 39.6 Å². The molecular formula is C19H18N4O3. The van der Waals surface area contributed by atoms with Gasteiger partial charge in [0, 0.05) is 24.5 Å². The molecule has 1 aliphatic rings. The van der Waals surface area contributed by atoms with Gasteiger partial charge >= 0.3 is 0 Å². The number of pyridine rings is 1. The summed E-state index contributed by atoms with van der Waals surface area (Å²) in [5.41, 5.74) is 1.74. The van der Waals surface area contributed by atoms with Gasteiger partial charge in [-0.05, 0) is 36.2 Å². The normalized spacial score (nSPS) is 16.2. The maximum atomic E-state index is 12.6. The predicted octanol–water partition coefficient (Wildman–Crippen LogP) is 2.66. The summed E-state index contributed by atoms with van der Waals surface area (Å²) in [7, 11) is 1.62. The molecule has 1 fully saturated rings. The Kier molecular flexibility index (Phi) is 4.35. The fourth-order valence-corrected chi connectivity index (χ4v) is 2.94. The van der Waals surface area contributed by atoms with Gasteiger partial charge in [0.1, 0.15) is 11.8 Å². The summed E-state index contributed by atoms with van der Waals surface area (Å²) in [5.74, 6) is 1.78. The molecule has 1 aliphatic heterocycles. The molecule has 0 radical (unpaired) electrons. The summed E-state index contributed by atoms with van der Waals surface area (Å²) in [6, 6.07) is 11.0. The van der Waals surface area contributed by atoms with Crippen LogP contribution in [0, 0.1) is 0 Å². The molecule has 0 bridgehead atoms. The Morgan fingerprint density at radius 2 is 2.15 bits per heavy atom. The predicted molar refractivity (Wildman–Crippen MR) is 93.3 cm³/mol. The van der Waals surface area contributed by atoms with Gasteiger partial charge in [-0.15, -0.1) is 0 Å². The molecule has 26 heavy (non-hydrogen) atoms. The minimum Gasteiger partial charge on any atom is -0.497 e. The van der Waals surface area contributed by atoms with Gasteiger partial charge in [-0.1, -0.05) is 17.3 Å². The number of hydrogen-bond donors (Lipinski definition) is 0. The lowest BCUT2D eigenvalue weighted by Crippen LogP contribution is -2.46. The van der Waals surface area contributed by atoms with Gasteiger partial charge in [0.2, 0.25) is 17.6 Å². The molecule has 1 amide bonds. The standard InChI is InChI=1S/C19H18N4O3/c1-25-15-6-4-13(5-7-15)11-17(24)23-10-8-16(23)19-21-18(22-26-19)14-3-2-9-20-12-14/h2-7,9,12,16H,8,10-11H2,1H3/t16-/m1/s1. The summed E-state index contributed by atoms with van der Waals surface area (Å²) < 4.78 is 10.5. The average Bonchev–Trinajstić information content (AvgIpc) is 3.11. The van der Waals surface area contributed by atoms with Gasteiger partial charge in [-0.2, -0.15) is 4.98 Å². The van der Waals surface area contributed by atoms with Gasteiger partial charge in [0.05, 0.1) is 13.5 Å². The Labute approximate surface area is 150 Å². The second-order valence-electron chi connectivity index (χ2n) is 6.11. The van der Waals surface area contributed by atoms with E-state index in [9.17, 15) is 4.79 Å². The third-order valence-electron chi connectivity index (χ3n) is 4.50. The monoisotopic (exact) mass is 350 g/mol. The maximum Gasteiger partial charge on any atom is 0.249 e. The van der Waals surface area contributed by atoms with Gasteiger partial charge in [0.25, 0.3) is 0 Å². The number of rotatable bonds is 5. The highest BCUT2D eigenvalue weighted by atomic mass is 16.5. The van der Waals surface area contributed by atoms with Crippen LogP contribution in [-0.2, 0) is 11.2 Å². The van der Waals surface area contributed by atoms with Gasteiger partial charge in [0.15, 0.2) is 0 Å². The molecule has 0 spiro atoms. The van der Waals surface area contributed by atoms with Gasteiger partial charge in [-0.25, -0.2) is 0 Å². The fraction of sp³-hybridized carbons (Fsp3) is 0.263. The molecule has 0 aliphatic carbocycles. The molecule has 1 saturated heterocycles. The van der Waals surface area contributed by atoms with Gasteiger partial charge < -0.3 is 14.2 Å². The van der Waals surface area contributed by atoms with Crippen molar-refractivity contribution in [1.82, 2.24) is 20.0 Å². The van der Waals surface area contributed by atoms with E-state index in [0.717, 1.165) is 23.3 Å². The first-order valence-corrected chi connectivity index (χ1v) is 8.41. The number of hydrogen-bond acceptors (Lipinski definition) is 6. The van der Waals surface area contributed by atoms with Crippen LogP contribution in [0.25, 0.3) is 11.4 Å². The van der Waals surface area contributed by atoms with E-state index in [1.165, 1.54) is 0 Å². The highest BCUT2D eigenvalue weighted by molar-refractivity contribution is 5.80. The number of carbonyl (C=O) groups is 1. The quantitative estimate of drug-likeness (QED) is 0.704. The third-order valence-corrected chi connectivity index (χ3v) is 4.50. The van der Waals surface area contributed by atoms with E-state index >= 15 is 0 Å². The lowest BCUT2D eigenvalue weighted by atomic mass is 10.0. The number of nitrogens with zero attached hydrogens (tertiary/aromatic N) is 4. The van der Waals surface area contributed by atoms with Crippen molar-refractivity contribution in [3.63, 3.8) is 0 Å². The second-order valence-corrected chi connectivity index (χ2v) is 6.11. The minimum absolute atomic E-state index is 0.0487. The number of likely N-dealkylation sites (tertiary alicyclic amines) is 1. The van der Waals surface area contributed by atoms with Crippen molar-refractivity contribution < 1.29 is 14.1 Å². The van der Waals surface area contributed by atoms with Crippen molar-refractivity contribution >= 4 is 5.91 Å². The first-order chi connectivity index (χ1) is 12.7. The zero-order valence-corrected chi connectivity index (χ0v) is 14.3. The molecule has 3 aromatic rings. The number of aromatic nitrogens is 3. The van der Waals surface area contributed by atoms with Crippen LogP contribution in [0.3, 0.4) is 0 Å². The first kappa shape index (κ1) is 16.3. The van der Waals surface area contributed by atoms with Crippen LogP contribution in [0.4, 0.5) is 0 Å². The van der Waals surface area contributed by atoms with E-state index in [0.29, 0.717) is 24.7 Å². The Morgan fingerprint density at radius 3 is 2.81 bits per heavy atom. The molecule has 132 valence electrons. The summed E-state index contributed by atoms with van der Waals surface area (Å²) in [6.45, 7) is 0.699. The van der Waals surface area contributed by atoms with E-state index in [-0.39, 0.29) is 11.9 Å². The molecule has 7 nitrogen and oxygen atoms in total. The summed E-state index contributed by atoms with van der Waals surface area (Å²) >= 11 is 0. The van der Waals surface area contributed by atoms with Crippen molar-refractivity contribution in [2.45, 2.75) is 18.9 Å². The van der Waals surface area contributed by atoms with Crippen LogP contribution < -0.4 is 4.74 Å². The molecule has 0 saturated carbocycles. The Balaban J connectivity index is 1.44. The highest BCUT2D eigenvalue weighted by Crippen LogP contribution is 2.33. The van der Waals surface area contributed by atoms with E-state index < -0.39 is 0 Å². The van der Waals surface area contributed by atoms with Gasteiger partial charge in [-0.3, -0.25) is 9.78 Å². The van der Waals surface area contributed by atoms with Crippen molar-refractivity contribution in [1.29, 1.82) is 0 Å². The number of methoxy groups -OCH3 is 1. The molecule has 1 atom stereocenters. The molecule has 7 heteroatoms. The topological polar surface area (TPSA) is 81.4 Å². The number of amides is 1. The first-order valence-electron chi connectivity index (χ1n) is 8.41. The lowest BCUT2D eigenvalue weighted by molar-refractivity contribution is -0.139. The summed E-state index contributed by atoms with van der Waals surface area (Å²) in [5, 5.41) is 4.01. The molecule has 4 rings (SSSR count). The lowest BCUT2D eigenvalue weighted by Gasteiger charge is -2.38. The maximum absolute atomic E-state index is 12.6. The van der Waals surface area contributed by atoms with Crippen LogP contribution in [0.5, 0.6) is 5.75 Å². The minimum atomic E-state index is -0.154. The number of benzene rings is 1. The Bertz CT molecular complexity index is 893. The zero-order valence-electron chi connectivity index (χ0n) is 14.3. The summed E-state index contributed by atoms with van der Waals surface area (Å²) in [6.07, 6.45) is 4.53. The van der Waals surface area contributed by atoms with Crippen LogP contribution in [0.2, 0.25) is 0 Å². The van der Waals surface area contributed by atoms with Crippen molar-refractivity contribution in [2.24, 2.45) is 0 Å². The van der Waals surface area contributed by atoms with Crippen LogP contribution >= 0.6 is 0 Å². The van der Waals surface area contributed by atoms with Crippen LogP contribution in [0.1, 0.15) is 23.9 Å². The number of ether oxygens (including phenoxy) is 1. The smallest absolute Gasteiger partial charge is 0.249 e. The SMILES string of the molecule is COc1ccc(CC(=O)N2CC[C@@H]2c2nc(-c3cccnc3)no2)cc1. The van der Waals surface area contributed by atoms with Crippen molar-refractivity contribution in [3.05, 3.63) is 60.2 Å². The Hall–Kier alpha value is -3.22. The molecule has 0 unspecified atom stereocenters. The second kappa shape index (κ2) is 6.95. The third kappa shape index (κ3) is 3.15. The zero-order chi connectivity index (χ0) is 17.9. The molecular weight excluding hydrogens is 332 g/mol. The van der Waals surface area contributed by atoms with E-state index in [2.05, 4.69) is 15.1 Å². The van der Waals surface area contributed by atoms with E-state index in [1.807, 2.05) is 36.4 Å². The highest BCUT2D eigenvalue weighted by Gasteiger charge is 2.37. The summed E-state index contributed by atoms with van der Waals surface area (Å²) in [4.78, 5) is 22.9. The molecule has 2 aromatic heterocycles. The van der Waals surface area contributed by atoms with Crippen molar-refractivity contribution in [2.75, 3.05) is 13.7 Å². The van der Waals surface area contributed by atoms with E-state index in [1.54, 1.807) is 24.4 Å². The number of carbonyl (C=O) groups excluding carboxylic acids is 1. The van der Waals surface area contributed by atoms with E-state index in [4.69, 9.17) is 9.26 Å². The van der Waals surface area contributed by atoms with Crippen molar-refractivity contribution in [3.8, 4) is 17.1 Å². The fourth-order valence-electron chi connectivity index (χ4n) is 2.94. The average molecular weight is 350 g/mol. The Morgan fingerprint density at radius 1 is 1.31 bits per heavy atom. The van der Waals surface area contributed by atoms with Crippen LogP contribution in [0.15, 0.2) is 53.3 Å². The molecule has 3 heterocycles. The molecule has 0 N–H and O–H groups in total. The largest absolute Gasteiger partial charge is 0.497 e. The molecule has 1 aromatic carbocycles.